The summed E-state index contributed by atoms with van der Waals surface area (Å²) in [6.07, 6.45) is 1.83. The molecule has 0 aromatic carbocycles. The van der Waals surface area contributed by atoms with Crippen LogP contribution in [0.1, 0.15) is 11.1 Å². The van der Waals surface area contributed by atoms with Crippen LogP contribution in [0.5, 0.6) is 0 Å². The number of hydrogen-bond acceptors (Lipinski definition) is 1. The second-order valence-corrected chi connectivity index (χ2v) is 4.01. The van der Waals surface area contributed by atoms with E-state index in [2.05, 4.69) is 13.8 Å². The first-order chi connectivity index (χ1) is 3.72. The molecule has 0 radical (unpaired) electrons. The van der Waals surface area contributed by atoms with Crippen molar-refractivity contribution in [3.05, 3.63) is 17.4 Å². The Balaban J connectivity index is 3.19. The monoisotopic (exact) mass is 172 g/mol. The van der Waals surface area contributed by atoms with Crippen molar-refractivity contribution in [2.75, 3.05) is 0 Å². The van der Waals surface area contributed by atoms with Gasteiger partial charge in [-0.2, -0.15) is 0 Å². The molecule has 1 nitrogen and oxygen atoms in total. The van der Waals surface area contributed by atoms with E-state index in [-0.39, 0.29) is 0 Å². The van der Waals surface area contributed by atoms with Gasteiger partial charge in [-0.15, -0.1) is 0 Å². The summed E-state index contributed by atoms with van der Waals surface area (Å²) in [5, 5.41) is 0. The molecular formula is C6H10GeO. The third-order valence-corrected chi connectivity index (χ3v) is 3.60. The van der Waals surface area contributed by atoms with Crippen LogP contribution < -0.4 is 4.59 Å². The van der Waals surface area contributed by atoms with Crippen molar-refractivity contribution in [3.63, 3.8) is 0 Å². The molecule has 2 heteroatoms. The van der Waals surface area contributed by atoms with E-state index >= 15 is 0 Å². The van der Waals surface area contributed by atoms with Gasteiger partial charge in [-0.1, -0.05) is 0 Å². The molecule has 0 amide bonds. The summed E-state index contributed by atoms with van der Waals surface area (Å²) in [5.41, 5.74) is 2.64. The minimum absolute atomic E-state index is 0.700. The molecule has 1 rings (SSSR count). The average Bonchev–Trinajstić information content (AvgIpc) is 1.98. The van der Waals surface area contributed by atoms with Gasteiger partial charge in [0.2, 0.25) is 0 Å². The summed E-state index contributed by atoms with van der Waals surface area (Å²) in [6.45, 7) is 4.19. The van der Waals surface area contributed by atoms with Gasteiger partial charge in [-0.05, 0) is 0 Å². The van der Waals surface area contributed by atoms with Crippen molar-refractivity contribution in [3.8, 4) is 0 Å². The fourth-order valence-corrected chi connectivity index (χ4v) is 1.71. The molecule has 0 fully saturated rings. The summed E-state index contributed by atoms with van der Waals surface area (Å²) in [7, 11) is 0. The summed E-state index contributed by atoms with van der Waals surface area (Å²) >= 11 is 0.700. The van der Waals surface area contributed by atoms with E-state index in [1.807, 2.05) is 6.26 Å². The van der Waals surface area contributed by atoms with Gasteiger partial charge in [0, 0.05) is 0 Å². The molecule has 1 aromatic rings. The zero-order valence-corrected chi connectivity index (χ0v) is 9.68. The van der Waals surface area contributed by atoms with Crippen LogP contribution in [0.15, 0.2) is 10.7 Å². The Morgan fingerprint density at radius 2 is 2.12 bits per heavy atom. The zero-order chi connectivity index (χ0) is 6.15. The molecule has 0 bridgehead atoms. The number of rotatable bonds is 0. The van der Waals surface area contributed by atoms with E-state index in [0.29, 0.717) is 16.5 Å². The molecule has 0 aliphatic heterocycles. The van der Waals surface area contributed by atoms with Gasteiger partial charge >= 0.3 is 56.8 Å². The van der Waals surface area contributed by atoms with Crippen LogP contribution in [-0.4, -0.2) is 16.5 Å². The second kappa shape index (κ2) is 1.97. The maximum atomic E-state index is 5.18. The molecule has 0 aliphatic carbocycles. The topological polar surface area (TPSA) is 13.1 Å². The van der Waals surface area contributed by atoms with Crippen molar-refractivity contribution < 1.29 is 4.42 Å². The average molecular weight is 171 g/mol. The van der Waals surface area contributed by atoms with Crippen LogP contribution >= 0.6 is 0 Å². The van der Waals surface area contributed by atoms with E-state index in [0.717, 1.165) is 0 Å². The Labute approximate surface area is 57.3 Å². The van der Waals surface area contributed by atoms with Gasteiger partial charge in [-0.3, -0.25) is 0 Å². The van der Waals surface area contributed by atoms with Gasteiger partial charge in [0.15, 0.2) is 0 Å². The predicted octanol–water partition coefficient (Wildman–Crippen LogP) is -0.113. The molecular weight excluding hydrogens is 161 g/mol. The number of aryl methyl sites for hydroxylation is 1. The van der Waals surface area contributed by atoms with Gasteiger partial charge in [0.05, 0.1) is 0 Å². The normalized spacial score (nSPS) is 10.2. The van der Waals surface area contributed by atoms with Crippen molar-refractivity contribution >= 4 is 21.1 Å². The zero-order valence-electron chi connectivity index (χ0n) is 5.49. The molecule has 0 N–H and O–H groups in total. The molecule has 0 saturated carbocycles. The predicted molar refractivity (Wildman–Crippen MR) is 37.8 cm³/mol. The Morgan fingerprint density at radius 1 is 1.50 bits per heavy atom. The van der Waals surface area contributed by atoms with Crippen molar-refractivity contribution in [1.29, 1.82) is 0 Å². The first-order valence-corrected chi connectivity index (χ1v) is 4.83. The van der Waals surface area contributed by atoms with Gasteiger partial charge in [-0.25, -0.2) is 0 Å². The second-order valence-electron chi connectivity index (χ2n) is 2.10. The summed E-state index contributed by atoms with van der Waals surface area (Å²) < 4.78 is 6.40. The fourth-order valence-electron chi connectivity index (χ4n) is 0.631. The SMILES string of the molecule is Cc1co[c]([GeH3])c1C. The molecule has 1 aromatic heterocycles. The molecule has 0 atom stereocenters. The van der Waals surface area contributed by atoms with Gasteiger partial charge < -0.3 is 0 Å². The van der Waals surface area contributed by atoms with Crippen LogP contribution in [0.3, 0.4) is 0 Å². The van der Waals surface area contributed by atoms with Crippen LogP contribution in [-0.2, 0) is 0 Å². The standard InChI is InChI=1S/C6H10GeO/c1-4-3-8-6(7)5(4)2/h3H,1-2,7H3. The van der Waals surface area contributed by atoms with E-state index in [9.17, 15) is 0 Å². The first kappa shape index (κ1) is 5.95. The van der Waals surface area contributed by atoms with Crippen LogP contribution in [0.2, 0.25) is 0 Å². The summed E-state index contributed by atoms with van der Waals surface area (Å²) in [4.78, 5) is 0. The maximum absolute atomic E-state index is 5.18. The molecule has 0 saturated heterocycles. The van der Waals surface area contributed by atoms with E-state index in [1.54, 1.807) is 0 Å². The first-order valence-electron chi connectivity index (χ1n) is 2.73. The number of furan rings is 1. The van der Waals surface area contributed by atoms with E-state index in [4.69, 9.17) is 4.42 Å². The third-order valence-electron chi connectivity index (χ3n) is 1.53. The Kier molecular flexibility index (Phi) is 1.47. The van der Waals surface area contributed by atoms with Crippen molar-refractivity contribution in [1.82, 2.24) is 0 Å². The Hall–Kier alpha value is -0.177. The fraction of sp³-hybridized carbons (Fsp3) is 0.333. The van der Waals surface area contributed by atoms with Crippen LogP contribution in [0.25, 0.3) is 0 Å². The van der Waals surface area contributed by atoms with Crippen LogP contribution in [0, 0.1) is 13.8 Å². The molecule has 8 heavy (non-hydrogen) atoms. The van der Waals surface area contributed by atoms with Gasteiger partial charge in [0.25, 0.3) is 0 Å². The summed E-state index contributed by atoms with van der Waals surface area (Å²) in [5.74, 6) is 0. The van der Waals surface area contributed by atoms with Crippen molar-refractivity contribution in [2.45, 2.75) is 13.8 Å². The van der Waals surface area contributed by atoms with E-state index in [1.165, 1.54) is 15.7 Å². The third kappa shape index (κ3) is 0.824. The number of hydrogen-bond donors (Lipinski definition) is 0. The van der Waals surface area contributed by atoms with E-state index < -0.39 is 0 Å². The quantitative estimate of drug-likeness (QED) is 0.496. The molecule has 44 valence electrons. The van der Waals surface area contributed by atoms with Crippen molar-refractivity contribution in [2.24, 2.45) is 0 Å². The van der Waals surface area contributed by atoms with Crippen LogP contribution in [0.4, 0.5) is 0 Å². The Bertz CT molecular complexity index is 171. The van der Waals surface area contributed by atoms with Gasteiger partial charge in [0.1, 0.15) is 0 Å². The molecule has 0 spiro atoms. The summed E-state index contributed by atoms with van der Waals surface area (Å²) in [6, 6.07) is 0. The Morgan fingerprint density at radius 3 is 2.25 bits per heavy atom. The molecule has 0 aliphatic rings. The molecule has 1 heterocycles. The molecule has 0 unspecified atom stereocenters. The minimum atomic E-state index is 0.700.